The molecule has 0 bridgehead atoms. The Morgan fingerprint density at radius 1 is 1.22 bits per heavy atom. The van der Waals surface area contributed by atoms with E-state index in [0.717, 1.165) is 42.2 Å². The number of aromatic nitrogens is 1. The average molecular weight is 430 g/mol. The quantitative estimate of drug-likeness (QED) is 0.685. The van der Waals surface area contributed by atoms with Crippen molar-refractivity contribution in [2.24, 2.45) is 5.92 Å². The number of rotatable bonds is 7. The number of nitrogens with zero attached hydrogens (tertiary/aromatic N) is 1. The Labute approximate surface area is 178 Å². The first kappa shape index (κ1) is 23.9. The van der Waals surface area contributed by atoms with Gasteiger partial charge in [-0.2, -0.15) is 0 Å². The normalized spacial score (nSPS) is 14.1. The van der Waals surface area contributed by atoms with Crippen LogP contribution in [0.4, 0.5) is 0 Å². The van der Waals surface area contributed by atoms with Gasteiger partial charge in [-0.15, -0.1) is 36.2 Å². The molecule has 3 rings (SSSR count). The van der Waals surface area contributed by atoms with Crippen LogP contribution in [0.3, 0.4) is 0 Å². The molecular formula is C20H29Cl2N3OS. The molecule has 1 saturated heterocycles. The molecule has 1 amide bonds. The molecule has 0 saturated carbocycles. The summed E-state index contributed by atoms with van der Waals surface area (Å²) in [5, 5.41) is 7.51. The van der Waals surface area contributed by atoms with Crippen molar-refractivity contribution >= 4 is 42.1 Å². The highest BCUT2D eigenvalue weighted by molar-refractivity contribution is 7.12. The van der Waals surface area contributed by atoms with E-state index >= 15 is 0 Å². The summed E-state index contributed by atoms with van der Waals surface area (Å²) in [5.41, 5.74) is 2.23. The third kappa shape index (κ3) is 7.41. The Balaban J connectivity index is 0.00000182. The summed E-state index contributed by atoms with van der Waals surface area (Å²) in [6.45, 7) is 4.98. The Hall–Kier alpha value is -1.14. The summed E-state index contributed by atoms with van der Waals surface area (Å²) < 4.78 is 0. The van der Waals surface area contributed by atoms with Gasteiger partial charge in [0, 0.05) is 29.8 Å². The number of carbonyl (C=O) groups is 1. The number of carbonyl (C=O) groups excluding carboxylic acids is 1. The summed E-state index contributed by atoms with van der Waals surface area (Å²) in [6.07, 6.45) is 4.87. The van der Waals surface area contributed by atoms with Crippen LogP contribution in [0.2, 0.25) is 0 Å². The zero-order valence-corrected chi connectivity index (χ0v) is 18.2. The predicted octanol–water partition coefficient (Wildman–Crippen LogP) is 4.40. The largest absolute Gasteiger partial charge is 0.356 e. The second kappa shape index (κ2) is 12.3. The summed E-state index contributed by atoms with van der Waals surface area (Å²) in [7, 11) is 0. The van der Waals surface area contributed by atoms with Crippen LogP contribution in [-0.2, 0) is 11.2 Å². The van der Waals surface area contributed by atoms with Crippen molar-refractivity contribution in [2.75, 3.05) is 19.6 Å². The molecule has 2 aromatic rings. The van der Waals surface area contributed by atoms with E-state index in [4.69, 9.17) is 4.98 Å². The highest BCUT2D eigenvalue weighted by Gasteiger charge is 2.14. The van der Waals surface area contributed by atoms with Gasteiger partial charge in [0.1, 0.15) is 0 Å². The van der Waals surface area contributed by atoms with E-state index in [1.807, 2.05) is 18.2 Å². The lowest BCUT2D eigenvalue weighted by atomic mass is 9.93. The van der Waals surface area contributed by atoms with Crippen LogP contribution in [0.15, 0.2) is 30.3 Å². The molecule has 1 aliphatic heterocycles. The van der Waals surface area contributed by atoms with E-state index < -0.39 is 0 Å². The lowest BCUT2D eigenvalue weighted by Gasteiger charge is -2.22. The third-order valence-corrected chi connectivity index (χ3v) is 5.82. The lowest BCUT2D eigenvalue weighted by Crippen LogP contribution is -2.30. The van der Waals surface area contributed by atoms with Gasteiger partial charge >= 0.3 is 0 Å². The maximum atomic E-state index is 12.0. The van der Waals surface area contributed by atoms with Crippen LogP contribution >= 0.6 is 36.2 Å². The van der Waals surface area contributed by atoms with Crippen molar-refractivity contribution in [1.82, 2.24) is 15.6 Å². The molecule has 0 atom stereocenters. The van der Waals surface area contributed by atoms with Gasteiger partial charge in [-0.3, -0.25) is 4.79 Å². The molecule has 0 aliphatic carbocycles. The number of hydrogen-bond acceptors (Lipinski definition) is 4. The SMILES string of the molecule is Cc1sc(CCNC(=O)CCC2CCNCC2)nc1-c1ccccc1.Cl.Cl. The molecule has 1 aromatic heterocycles. The van der Waals surface area contributed by atoms with Gasteiger partial charge in [-0.25, -0.2) is 4.98 Å². The number of aryl methyl sites for hydroxylation is 1. The van der Waals surface area contributed by atoms with Gasteiger partial charge in [0.2, 0.25) is 5.91 Å². The van der Waals surface area contributed by atoms with E-state index in [-0.39, 0.29) is 30.7 Å². The maximum Gasteiger partial charge on any atom is 0.220 e. The molecular weight excluding hydrogens is 401 g/mol. The third-order valence-electron chi connectivity index (χ3n) is 4.79. The van der Waals surface area contributed by atoms with Gasteiger partial charge in [0.05, 0.1) is 10.7 Å². The van der Waals surface area contributed by atoms with Crippen molar-refractivity contribution in [3.05, 3.63) is 40.2 Å². The first-order valence-electron chi connectivity index (χ1n) is 9.21. The van der Waals surface area contributed by atoms with E-state index in [9.17, 15) is 4.79 Å². The van der Waals surface area contributed by atoms with Gasteiger partial charge < -0.3 is 10.6 Å². The zero-order chi connectivity index (χ0) is 17.5. The fourth-order valence-electron chi connectivity index (χ4n) is 3.32. The van der Waals surface area contributed by atoms with E-state index in [2.05, 4.69) is 29.7 Å². The molecule has 1 fully saturated rings. The molecule has 0 radical (unpaired) electrons. The van der Waals surface area contributed by atoms with E-state index in [1.54, 1.807) is 11.3 Å². The number of piperidine rings is 1. The fraction of sp³-hybridized carbons (Fsp3) is 0.500. The molecule has 1 aromatic carbocycles. The number of amides is 1. The van der Waals surface area contributed by atoms with E-state index in [0.29, 0.717) is 18.9 Å². The topological polar surface area (TPSA) is 54.0 Å². The monoisotopic (exact) mass is 429 g/mol. The van der Waals surface area contributed by atoms with Crippen LogP contribution in [0.1, 0.15) is 35.6 Å². The molecule has 4 nitrogen and oxygen atoms in total. The fourth-order valence-corrected chi connectivity index (χ4v) is 4.28. The van der Waals surface area contributed by atoms with E-state index in [1.165, 1.54) is 17.7 Å². The number of thiazole rings is 1. The summed E-state index contributed by atoms with van der Waals surface area (Å²) in [6, 6.07) is 10.3. The Kier molecular flexibility index (Phi) is 10.9. The van der Waals surface area contributed by atoms with Crippen LogP contribution < -0.4 is 10.6 Å². The highest BCUT2D eigenvalue weighted by atomic mass is 35.5. The average Bonchev–Trinajstić information content (AvgIpc) is 3.02. The Morgan fingerprint density at radius 3 is 2.63 bits per heavy atom. The summed E-state index contributed by atoms with van der Waals surface area (Å²) >= 11 is 1.73. The van der Waals surface area contributed by atoms with Crippen molar-refractivity contribution in [2.45, 2.75) is 39.0 Å². The second-order valence-electron chi connectivity index (χ2n) is 6.71. The number of benzene rings is 1. The Bertz CT molecular complexity index is 688. The highest BCUT2D eigenvalue weighted by Crippen LogP contribution is 2.27. The minimum Gasteiger partial charge on any atom is -0.356 e. The Morgan fingerprint density at radius 2 is 1.93 bits per heavy atom. The van der Waals surface area contributed by atoms with Crippen LogP contribution in [0.25, 0.3) is 11.3 Å². The standard InChI is InChI=1S/C20H27N3OS.2ClH/c1-15-20(17-5-3-2-4-6-17)23-19(25-15)11-14-22-18(24)8-7-16-9-12-21-13-10-16;;/h2-6,16,21H,7-14H2,1H3,(H,22,24);2*1H. The minimum atomic E-state index is 0. The lowest BCUT2D eigenvalue weighted by molar-refractivity contribution is -0.121. The van der Waals surface area contributed by atoms with Gasteiger partial charge in [-0.1, -0.05) is 30.3 Å². The van der Waals surface area contributed by atoms with Crippen LogP contribution in [0, 0.1) is 12.8 Å². The van der Waals surface area contributed by atoms with Gasteiger partial charge in [0.15, 0.2) is 0 Å². The maximum absolute atomic E-state index is 12.0. The number of hydrogen-bond donors (Lipinski definition) is 2. The van der Waals surface area contributed by atoms with Crippen LogP contribution in [0.5, 0.6) is 0 Å². The van der Waals surface area contributed by atoms with Crippen molar-refractivity contribution in [3.8, 4) is 11.3 Å². The van der Waals surface area contributed by atoms with Crippen LogP contribution in [-0.4, -0.2) is 30.5 Å². The minimum absolute atomic E-state index is 0. The predicted molar refractivity (Wildman–Crippen MR) is 118 cm³/mol. The molecule has 27 heavy (non-hydrogen) atoms. The van der Waals surface area contributed by atoms with Crippen molar-refractivity contribution in [3.63, 3.8) is 0 Å². The zero-order valence-electron chi connectivity index (χ0n) is 15.7. The molecule has 150 valence electrons. The van der Waals surface area contributed by atoms with Crippen molar-refractivity contribution in [1.29, 1.82) is 0 Å². The van der Waals surface area contributed by atoms with Crippen molar-refractivity contribution < 1.29 is 4.79 Å². The summed E-state index contributed by atoms with van der Waals surface area (Å²) in [5.74, 6) is 0.886. The first-order chi connectivity index (χ1) is 12.2. The second-order valence-corrected chi connectivity index (χ2v) is 8.00. The number of halogens is 2. The summed E-state index contributed by atoms with van der Waals surface area (Å²) in [4.78, 5) is 18.0. The molecule has 1 aliphatic rings. The molecule has 2 N–H and O–H groups in total. The molecule has 0 unspecified atom stereocenters. The first-order valence-corrected chi connectivity index (χ1v) is 10.0. The smallest absolute Gasteiger partial charge is 0.220 e. The van der Waals surface area contributed by atoms with Gasteiger partial charge in [0.25, 0.3) is 0 Å². The molecule has 2 heterocycles. The molecule has 0 spiro atoms. The van der Waals surface area contributed by atoms with Gasteiger partial charge in [-0.05, 0) is 45.2 Å². The molecule has 7 heteroatoms. The number of nitrogens with one attached hydrogen (secondary N) is 2.